The van der Waals surface area contributed by atoms with E-state index in [1.807, 2.05) is 20.8 Å². The molecule has 1 amide bonds. The quantitative estimate of drug-likeness (QED) is 0.604. The SMILES string of the molecule is CON(C)C(=O)c1ccc(Cl)nc1C(C)(C)C. The molecule has 0 aliphatic rings. The number of carbonyl (C=O) groups excluding carboxylic acids is 1. The first-order valence-electron chi connectivity index (χ1n) is 5.26. The molecule has 17 heavy (non-hydrogen) atoms. The zero-order valence-electron chi connectivity index (χ0n) is 10.7. The number of amides is 1. The maximum atomic E-state index is 12.1. The molecule has 0 atom stereocenters. The number of rotatable bonds is 2. The number of pyridine rings is 1. The second kappa shape index (κ2) is 5.02. The van der Waals surface area contributed by atoms with Gasteiger partial charge in [-0.15, -0.1) is 0 Å². The topological polar surface area (TPSA) is 42.4 Å². The summed E-state index contributed by atoms with van der Waals surface area (Å²) in [5.74, 6) is -0.235. The summed E-state index contributed by atoms with van der Waals surface area (Å²) in [5, 5.41) is 1.55. The van der Waals surface area contributed by atoms with Crippen LogP contribution in [0.25, 0.3) is 0 Å². The summed E-state index contributed by atoms with van der Waals surface area (Å²) in [6, 6.07) is 3.28. The third kappa shape index (κ3) is 3.17. The van der Waals surface area contributed by atoms with Gasteiger partial charge in [0.2, 0.25) is 0 Å². The molecule has 0 spiro atoms. The van der Waals surface area contributed by atoms with Gasteiger partial charge < -0.3 is 0 Å². The van der Waals surface area contributed by atoms with Gasteiger partial charge in [0.15, 0.2) is 0 Å². The first-order valence-corrected chi connectivity index (χ1v) is 5.64. The van der Waals surface area contributed by atoms with Crippen molar-refractivity contribution in [2.45, 2.75) is 26.2 Å². The normalized spacial score (nSPS) is 11.4. The van der Waals surface area contributed by atoms with Crippen LogP contribution in [0.2, 0.25) is 5.15 Å². The average Bonchev–Trinajstić information content (AvgIpc) is 2.25. The van der Waals surface area contributed by atoms with Crippen molar-refractivity contribution in [2.75, 3.05) is 14.2 Å². The molecule has 1 aromatic rings. The summed E-state index contributed by atoms with van der Waals surface area (Å²) in [7, 11) is 3.00. The molecule has 0 unspecified atom stereocenters. The molecule has 0 saturated heterocycles. The minimum atomic E-state index is -0.259. The fourth-order valence-corrected chi connectivity index (χ4v) is 1.58. The lowest BCUT2D eigenvalue weighted by Gasteiger charge is -2.23. The van der Waals surface area contributed by atoms with E-state index >= 15 is 0 Å². The Kier molecular flexibility index (Phi) is 4.11. The molecule has 1 heterocycles. The number of nitrogens with zero attached hydrogens (tertiary/aromatic N) is 2. The van der Waals surface area contributed by atoms with Gasteiger partial charge in [-0.3, -0.25) is 9.63 Å². The predicted octanol–water partition coefficient (Wildman–Crippen LogP) is 2.67. The lowest BCUT2D eigenvalue weighted by Crippen LogP contribution is -2.29. The van der Waals surface area contributed by atoms with Gasteiger partial charge in [0, 0.05) is 12.5 Å². The molecular formula is C12H17ClN2O2. The van der Waals surface area contributed by atoms with Crippen LogP contribution in [0.15, 0.2) is 12.1 Å². The number of aromatic nitrogens is 1. The first kappa shape index (κ1) is 13.9. The van der Waals surface area contributed by atoms with E-state index < -0.39 is 0 Å². The largest absolute Gasteiger partial charge is 0.279 e. The second-order valence-corrected chi connectivity index (χ2v) is 5.15. The lowest BCUT2D eigenvalue weighted by molar-refractivity contribution is -0.0758. The fourth-order valence-electron chi connectivity index (χ4n) is 1.43. The minimum Gasteiger partial charge on any atom is -0.274 e. The van der Waals surface area contributed by atoms with E-state index in [9.17, 15) is 4.79 Å². The zero-order valence-corrected chi connectivity index (χ0v) is 11.5. The van der Waals surface area contributed by atoms with Crippen molar-refractivity contribution < 1.29 is 9.63 Å². The van der Waals surface area contributed by atoms with Crippen LogP contribution >= 0.6 is 11.6 Å². The summed E-state index contributed by atoms with van der Waals surface area (Å²) in [4.78, 5) is 21.2. The molecule has 0 radical (unpaired) electrons. The Morgan fingerprint density at radius 2 is 2.00 bits per heavy atom. The number of halogens is 1. The van der Waals surface area contributed by atoms with E-state index in [0.717, 1.165) is 0 Å². The Labute approximate surface area is 106 Å². The Morgan fingerprint density at radius 1 is 1.41 bits per heavy atom. The Hall–Kier alpha value is -1.13. The summed E-state index contributed by atoms with van der Waals surface area (Å²) in [6.07, 6.45) is 0. The van der Waals surface area contributed by atoms with Crippen molar-refractivity contribution in [3.63, 3.8) is 0 Å². The molecule has 0 aliphatic heterocycles. The van der Waals surface area contributed by atoms with Crippen LogP contribution in [0.3, 0.4) is 0 Å². The number of hydrogen-bond acceptors (Lipinski definition) is 3. The molecule has 0 fully saturated rings. The summed E-state index contributed by atoms with van der Waals surface area (Å²) in [6.45, 7) is 5.94. The van der Waals surface area contributed by atoms with Crippen LogP contribution in [0.5, 0.6) is 0 Å². The van der Waals surface area contributed by atoms with Crippen molar-refractivity contribution in [3.05, 3.63) is 28.5 Å². The monoisotopic (exact) mass is 256 g/mol. The molecule has 0 saturated carbocycles. The number of hydroxylamine groups is 2. The molecule has 0 aromatic carbocycles. The van der Waals surface area contributed by atoms with Crippen molar-refractivity contribution in [1.29, 1.82) is 0 Å². The Balaban J connectivity index is 3.29. The van der Waals surface area contributed by atoms with Crippen LogP contribution in [0.4, 0.5) is 0 Å². The van der Waals surface area contributed by atoms with Crippen LogP contribution in [-0.4, -0.2) is 30.1 Å². The van der Waals surface area contributed by atoms with E-state index in [2.05, 4.69) is 4.98 Å². The molecule has 1 rings (SSSR count). The maximum Gasteiger partial charge on any atom is 0.279 e. The van der Waals surface area contributed by atoms with E-state index in [1.54, 1.807) is 19.2 Å². The molecule has 0 bridgehead atoms. The maximum absolute atomic E-state index is 12.1. The highest BCUT2D eigenvalue weighted by atomic mass is 35.5. The average molecular weight is 257 g/mol. The van der Waals surface area contributed by atoms with Crippen LogP contribution < -0.4 is 0 Å². The molecule has 1 aromatic heterocycles. The molecule has 4 nitrogen and oxygen atoms in total. The zero-order chi connectivity index (χ0) is 13.2. The third-order valence-corrected chi connectivity index (χ3v) is 2.57. The summed E-state index contributed by atoms with van der Waals surface area (Å²) in [5.41, 5.74) is 0.912. The number of carbonyl (C=O) groups is 1. The van der Waals surface area contributed by atoms with Crippen LogP contribution in [0.1, 0.15) is 36.8 Å². The summed E-state index contributed by atoms with van der Waals surface area (Å²) >= 11 is 5.87. The van der Waals surface area contributed by atoms with E-state index in [-0.39, 0.29) is 11.3 Å². The highest BCUT2D eigenvalue weighted by Crippen LogP contribution is 2.26. The smallest absolute Gasteiger partial charge is 0.274 e. The van der Waals surface area contributed by atoms with Crippen LogP contribution in [0, 0.1) is 0 Å². The van der Waals surface area contributed by atoms with Crippen molar-refractivity contribution >= 4 is 17.5 Å². The van der Waals surface area contributed by atoms with Gasteiger partial charge in [0.05, 0.1) is 18.4 Å². The predicted molar refractivity (Wildman–Crippen MR) is 67.0 cm³/mol. The summed E-state index contributed by atoms with van der Waals surface area (Å²) < 4.78 is 0. The Morgan fingerprint density at radius 3 is 2.47 bits per heavy atom. The second-order valence-electron chi connectivity index (χ2n) is 4.77. The van der Waals surface area contributed by atoms with Crippen molar-refractivity contribution in [3.8, 4) is 0 Å². The standard InChI is InChI=1S/C12H17ClN2O2/c1-12(2,3)10-8(6-7-9(13)14-10)11(16)15(4)17-5/h6-7H,1-5H3. The number of hydrogen-bond donors (Lipinski definition) is 0. The molecule has 0 N–H and O–H groups in total. The van der Waals surface area contributed by atoms with Gasteiger partial charge in [0.1, 0.15) is 5.15 Å². The molecular weight excluding hydrogens is 240 g/mol. The molecule has 5 heteroatoms. The third-order valence-electron chi connectivity index (χ3n) is 2.36. The Bertz CT molecular complexity index is 427. The van der Waals surface area contributed by atoms with Gasteiger partial charge in [-0.25, -0.2) is 10.0 Å². The molecule has 94 valence electrons. The fraction of sp³-hybridized carbons (Fsp3) is 0.500. The van der Waals surface area contributed by atoms with E-state index in [1.165, 1.54) is 12.2 Å². The van der Waals surface area contributed by atoms with Gasteiger partial charge in [-0.05, 0) is 12.1 Å². The first-order chi connectivity index (χ1) is 7.77. The van der Waals surface area contributed by atoms with Crippen molar-refractivity contribution in [2.24, 2.45) is 0 Å². The van der Waals surface area contributed by atoms with Gasteiger partial charge >= 0.3 is 0 Å². The van der Waals surface area contributed by atoms with Gasteiger partial charge in [-0.1, -0.05) is 32.4 Å². The highest BCUT2D eigenvalue weighted by molar-refractivity contribution is 6.29. The van der Waals surface area contributed by atoms with E-state index in [0.29, 0.717) is 16.4 Å². The van der Waals surface area contributed by atoms with Crippen LogP contribution in [-0.2, 0) is 10.3 Å². The van der Waals surface area contributed by atoms with E-state index in [4.69, 9.17) is 16.4 Å². The van der Waals surface area contributed by atoms with Gasteiger partial charge in [0.25, 0.3) is 5.91 Å². The molecule has 0 aliphatic carbocycles. The minimum absolute atomic E-state index is 0.235. The van der Waals surface area contributed by atoms with Crippen molar-refractivity contribution in [1.82, 2.24) is 10.0 Å². The van der Waals surface area contributed by atoms with Gasteiger partial charge in [-0.2, -0.15) is 0 Å². The highest BCUT2D eigenvalue weighted by Gasteiger charge is 2.25. The lowest BCUT2D eigenvalue weighted by atomic mass is 9.88.